The minimum absolute atomic E-state index is 0.241. The monoisotopic (exact) mass is 466 g/mol. The second-order valence-electron chi connectivity index (χ2n) is 8.05. The smallest absolute Gasteiger partial charge is 0.420 e. The molecule has 0 saturated carbocycles. The number of anilines is 2. The van der Waals surface area contributed by atoms with E-state index in [0.29, 0.717) is 17.7 Å². The van der Waals surface area contributed by atoms with E-state index in [1.807, 2.05) is 30.5 Å². The lowest BCUT2D eigenvalue weighted by Gasteiger charge is -2.29. The second-order valence-corrected chi connectivity index (χ2v) is 8.05. The number of aromatic nitrogens is 2. The number of aromatic amines is 1. The number of methoxy groups -OCH3 is 1. The largest absolute Gasteiger partial charge is 0.496 e. The summed E-state index contributed by atoms with van der Waals surface area (Å²) in [7, 11) is 1.21. The molecule has 1 aliphatic heterocycles. The molecule has 5 rings (SSSR count). The number of H-pyrrole nitrogens is 1. The minimum Gasteiger partial charge on any atom is -0.496 e. The number of urea groups is 1. The number of nitrogens with zero attached hydrogens (tertiary/aromatic N) is 3. The van der Waals surface area contributed by atoms with Crippen molar-refractivity contribution in [1.29, 1.82) is 0 Å². The Morgan fingerprint density at radius 3 is 2.68 bits per heavy atom. The van der Waals surface area contributed by atoms with Crippen molar-refractivity contribution in [3.63, 3.8) is 0 Å². The normalized spacial score (nSPS) is 13.2. The lowest BCUT2D eigenvalue weighted by Crippen LogP contribution is -2.42. The van der Waals surface area contributed by atoms with Crippen molar-refractivity contribution >= 4 is 28.3 Å². The Morgan fingerprint density at radius 2 is 1.94 bits per heavy atom. The summed E-state index contributed by atoms with van der Waals surface area (Å²) in [4.78, 5) is 24.0. The summed E-state index contributed by atoms with van der Waals surface area (Å²) in [5.41, 5.74) is 2.41. The van der Waals surface area contributed by atoms with E-state index < -0.39 is 17.8 Å². The molecule has 34 heavy (non-hydrogen) atoms. The van der Waals surface area contributed by atoms with Gasteiger partial charge < -0.3 is 9.72 Å². The fourth-order valence-electron chi connectivity index (χ4n) is 4.30. The lowest BCUT2D eigenvalue weighted by molar-refractivity contribution is -0.138. The third-order valence-corrected chi connectivity index (χ3v) is 6.00. The van der Waals surface area contributed by atoms with Gasteiger partial charge in [-0.25, -0.2) is 4.79 Å². The highest BCUT2D eigenvalue weighted by Gasteiger charge is 2.38. The maximum atomic E-state index is 13.8. The number of carbonyl (C=O) groups is 1. The molecule has 9 heteroatoms. The van der Waals surface area contributed by atoms with Crippen molar-refractivity contribution in [3.8, 4) is 5.75 Å². The molecular formula is C25H21F3N4O2. The van der Waals surface area contributed by atoms with E-state index in [0.717, 1.165) is 22.5 Å². The number of amides is 2. The van der Waals surface area contributed by atoms with E-state index in [1.54, 1.807) is 29.4 Å². The maximum absolute atomic E-state index is 13.8. The van der Waals surface area contributed by atoms with Gasteiger partial charge in [0.1, 0.15) is 5.75 Å². The van der Waals surface area contributed by atoms with Crippen LogP contribution < -0.4 is 14.5 Å². The molecule has 3 heterocycles. The molecule has 0 fully saturated rings. The van der Waals surface area contributed by atoms with Crippen LogP contribution in [0.4, 0.5) is 29.3 Å². The van der Waals surface area contributed by atoms with E-state index in [4.69, 9.17) is 4.74 Å². The topological polar surface area (TPSA) is 61.5 Å². The van der Waals surface area contributed by atoms with Gasteiger partial charge in [-0.05, 0) is 66.1 Å². The van der Waals surface area contributed by atoms with Gasteiger partial charge in [0.15, 0.2) is 0 Å². The molecule has 0 saturated heterocycles. The number of ether oxygens (including phenoxy) is 1. The Bertz CT molecular complexity index is 1350. The van der Waals surface area contributed by atoms with Crippen LogP contribution in [0.3, 0.4) is 0 Å². The molecule has 174 valence electrons. The van der Waals surface area contributed by atoms with Crippen molar-refractivity contribution in [2.45, 2.75) is 19.1 Å². The van der Waals surface area contributed by atoms with E-state index in [2.05, 4.69) is 9.97 Å². The molecule has 0 aliphatic carbocycles. The zero-order valence-electron chi connectivity index (χ0n) is 18.3. The lowest BCUT2D eigenvalue weighted by atomic mass is 10.1. The van der Waals surface area contributed by atoms with Crippen molar-refractivity contribution in [3.05, 3.63) is 83.8 Å². The number of benzene rings is 2. The molecule has 1 N–H and O–H groups in total. The number of halogens is 3. The van der Waals surface area contributed by atoms with Gasteiger partial charge in [0.05, 0.1) is 19.2 Å². The molecule has 0 unspecified atom stereocenters. The van der Waals surface area contributed by atoms with Gasteiger partial charge in [-0.3, -0.25) is 14.8 Å². The predicted molar refractivity (Wildman–Crippen MR) is 123 cm³/mol. The summed E-state index contributed by atoms with van der Waals surface area (Å²) in [6.45, 7) is 0.517. The van der Waals surface area contributed by atoms with Gasteiger partial charge in [-0.2, -0.15) is 13.2 Å². The molecule has 0 spiro atoms. The fourth-order valence-corrected chi connectivity index (χ4v) is 4.30. The van der Waals surface area contributed by atoms with Crippen LogP contribution >= 0.6 is 0 Å². The predicted octanol–water partition coefficient (Wildman–Crippen LogP) is 5.78. The van der Waals surface area contributed by atoms with Crippen LogP contribution in [0.1, 0.15) is 16.7 Å². The zero-order chi connectivity index (χ0) is 23.9. The number of fused-ring (bicyclic) bond motifs is 2. The number of pyridine rings is 1. The summed E-state index contributed by atoms with van der Waals surface area (Å²) in [5, 5.41) is 0.927. The molecule has 1 aliphatic rings. The third-order valence-electron chi connectivity index (χ3n) is 6.00. The van der Waals surface area contributed by atoms with Crippen LogP contribution in [0, 0.1) is 0 Å². The second kappa shape index (κ2) is 8.40. The Balaban J connectivity index is 1.56. The fraction of sp³-hybridized carbons (Fsp3) is 0.200. The van der Waals surface area contributed by atoms with Gasteiger partial charge in [0.2, 0.25) is 0 Å². The summed E-state index contributed by atoms with van der Waals surface area (Å²) in [6.07, 6.45) is 0.927. The Hall–Kier alpha value is -4.01. The Morgan fingerprint density at radius 1 is 1.15 bits per heavy atom. The molecular weight excluding hydrogens is 445 g/mol. The maximum Gasteiger partial charge on any atom is 0.420 e. The van der Waals surface area contributed by atoms with E-state index in [-0.39, 0.29) is 24.5 Å². The van der Waals surface area contributed by atoms with E-state index in [1.165, 1.54) is 18.1 Å². The van der Waals surface area contributed by atoms with Gasteiger partial charge in [-0.1, -0.05) is 0 Å². The van der Waals surface area contributed by atoms with Gasteiger partial charge in [0, 0.05) is 47.4 Å². The highest BCUT2D eigenvalue weighted by molar-refractivity contribution is 6.05. The SMILES string of the molecule is COc1cc2c(cc1C(F)(F)F)N(C(=O)N(Cc1ccncc1)c1ccc3[nH]ccc3c1)CC2. The number of hydrogen-bond donors (Lipinski definition) is 1. The van der Waals surface area contributed by atoms with Crippen molar-refractivity contribution in [2.24, 2.45) is 0 Å². The van der Waals surface area contributed by atoms with Crippen LogP contribution in [0.2, 0.25) is 0 Å². The third kappa shape index (κ3) is 3.93. The minimum atomic E-state index is -4.60. The molecule has 4 aromatic rings. The molecule has 0 bridgehead atoms. The Labute approximate surface area is 193 Å². The van der Waals surface area contributed by atoms with E-state index in [9.17, 15) is 18.0 Å². The zero-order valence-corrected chi connectivity index (χ0v) is 18.3. The first-order chi connectivity index (χ1) is 16.3. The van der Waals surface area contributed by atoms with Gasteiger partial charge >= 0.3 is 12.2 Å². The quantitative estimate of drug-likeness (QED) is 0.415. The number of hydrogen-bond acceptors (Lipinski definition) is 3. The summed E-state index contributed by atoms with van der Waals surface area (Å²) >= 11 is 0. The molecule has 0 radical (unpaired) electrons. The number of alkyl halides is 3. The molecule has 2 aromatic carbocycles. The van der Waals surface area contributed by atoms with Crippen LogP contribution in [-0.4, -0.2) is 29.7 Å². The molecule has 0 atom stereocenters. The van der Waals surface area contributed by atoms with Crippen molar-refractivity contribution in [1.82, 2.24) is 9.97 Å². The first-order valence-corrected chi connectivity index (χ1v) is 10.7. The average Bonchev–Trinajstić information content (AvgIpc) is 3.47. The van der Waals surface area contributed by atoms with Crippen LogP contribution in [0.15, 0.2) is 67.1 Å². The summed E-state index contributed by atoms with van der Waals surface area (Å²) < 4.78 is 46.0. The average molecular weight is 466 g/mol. The molecule has 2 amide bonds. The first kappa shape index (κ1) is 21.8. The number of nitrogens with one attached hydrogen (secondary N) is 1. The summed E-state index contributed by atoms with van der Waals surface area (Å²) in [6, 6.07) is 13.1. The van der Waals surface area contributed by atoms with Crippen molar-refractivity contribution in [2.75, 3.05) is 23.5 Å². The van der Waals surface area contributed by atoms with Gasteiger partial charge in [-0.15, -0.1) is 0 Å². The molecule has 2 aromatic heterocycles. The highest BCUT2D eigenvalue weighted by Crippen LogP contribution is 2.42. The van der Waals surface area contributed by atoms with Crippen LogP contribution in [0.5, 0.6) is 5.75 Å². The number of carbonyl (C=O) groups excluding carboxylic acids is 1. The van der Waals surface area contributed by atoms with Gasteiger partial charge in [0.25, 0.3) is 0 Å². The van der Waals surface area contributed by atoms with Crippen molar-refractivity contribution < 1.29 is 22.7 Å². The van der Waals surface area contributed by atoms with Crippen LogP contribution in [0.25, 0.3) is 10.9 Å². The van der Waals surface area contributed by atoms with Crippen LogP contribution in [-0.2, 0) is 19.1 Å². The van der Waals surface area contributed by atoms with E-state index >= 15 is 0 Å². The molecule has 6 nitrogen and oxygen atoms in total. The summed E-state index contributed by atoms with van der Waals surface area (Å²) in [5.74, 6) is -0.243. The Kier molecular flexibility index (Phi) is 5.39. The standard InChI is InChI=1S/C25H21F3N4O2/c1-34-23-13-18-7-11-31(22(18)14-20(23)25(26,27)28)24(33)32(15-16-4-8-29-9-5-16)19-2-3-21-17(12-19)6-10-30-21/h2-6,8-10,12-14,30H,7,11,15H2,1H3. The first-order valence-electron chi connectivity index (χ1n) is 10.7. The number of rotatable bonds is 4. The highest BCUT2D eigenvalue weighted by atomic mass is 19.4.